The fraction of sp³-hybridized carbons (Fsp3) is 0.261. The summed E-state index contributed by atoms with van der Waals surface area (Å²) in [7, 11) is 0. The second kappa shape index (κ2) is 22.1. The van der Waals surface area contributed by atoms with Crippen molar-refractivity contribution in [2.24, 2.45) is 0 Å². The molecule has 6 aromatic rings. The van der Waals surface area contributed by atoms with Crippen molar-refractivity contribution in [3.63, 3.8) is 0 Å². The molecule has 242 valence electrons. The standard InChI is InChI=1S/C12H12.4C8H10.C2H6/c1-9-3-5-12-8-10(2)4-6-11(12)7-9;4*1-7-3-5-8(2)6-4-7;1-2/h3-8H,1-2H3;4*3-6H,1-2H3;1-2H3. The second-order valence-electron chi connectivity index (χ2n) is 12.0. The van der Waals surface area contributed by atoms with Crippen LogP contribution in [0.2, 0.25) is 0 Å². The van der Waals surface area contributed by atoms with Gasteiger partial charge in [-0.2, -0.15) is 0 Å². The van der Waals surface area contributed by atoms with Crippen molar-refractivity contribution in [1.29, 1.82) is 0 Å². The molecule has 0 fully saturated rings. The lowest BCUT2D eigenvalue weighted by atomic mass is 10.1. The van der Waals surface area contributed by atoms with E-state index in [1.165, 1.54) is 66.4 Å². The third-order valence-electron chi connectivity index (χ3n) is 7.02. The van der Waals surface area contributed by atoms with Crippen molar-refractivity contribution in [2.75, 3.05) is 0 Å². The van der Waals surface area contributed by atoms with Gasteiger partial charge >= 0.3 is 0 Å². The van der Waals surface area contributed by atoms with E-state index in [9.17, 15) is 0 Å². The van der Waals surface area contributed by atoms with Gasteiger partial charge in [0.1, 0.15) is 0 Å². The summed E-state index contributed by atoms with van der Waals surface area (Å²) in [5.41, 5.74) is 13.3. The van der Waals surface area contributed by atoms with Crippen LogP contribution in [0.1, 0.15) is 69.5 Å². The van der Waals surface area contributed by atoms with Gasteiger partial charge < -0.3 is 0 Å². The van der Waals surface area contributed by atoms with Crippen molar-refractivity contribution < 1.29 is 0 Å². The summed E-state index contributed by atoms with van der Waals surface area (Å²) in [6.45, 7) is 25.0. The van der Waals surface area contributed by atoms with E-state index in [1.54, 1.807) is 0 Å². The molecule has 6 rings (SSSR count). The summed E-state index contributed by atoms with van der Waals surface area (Å²) < 4.78 is 0. The highest BCUT2D eigenvalue weighted by Crippen LogP contribution is 2.16. The van der Waals surface area contributed by atoms with Crippen LogP contribution in [0, 0.1) is 69.2 Å². The molecule has 0 bridgehead atoms. The molecule has 0 atom stereocenters. The molecule has 0 unspecified atom stereocenters. The Labute approximate surface area is 282 Å². The molecule has 0 saturated carbocycles. The van der Waals surface area contributed by atoms with E-state index in [4.69, 9.17) is 0 Å². The predicted octanol–water partition coefficient (Wildman–Crippen LogP) is 13.7. The molecule has 6 aromatic carbocycles. The molecule has 0 aliphatic carbocycles. The number of benzene rings is 6. The van der Waals surface area contributed by atoms with Crippen LogP contribution in [-0.2, 0) is 0 Å². The van der Waals surface area contributed by atoms with E-state index >= 15 is 0 Å². The van der Waals surface area contributed by atoms with Gasteiger partial charge in [-0.3, -0.25) is 0 Å². The van der Waals surface area contributed by atoms with Crippen LogP contribution < -0.4 is 0 Å². The summed E-state index contributed by atoms with van der Waals surface area (Å²) in [6.07, 6.45) is 0. The molecule has 46 heavy (non-hydrogen) atoms. The van der Waals surface area contributed by atoms with Crippen molar-refractivity contribution in [1.82, 2.24) is 0 Å². The Morgan fingerprint density at radius 1 is 0.196 bits per heavy atom. The predicted molar refractivity (Wildman–Crippen MR) is 208 cm³/mol. The molecule has 0 aromatic heterocycles. The monoisotopic (exact) mass is 610 g/mol. The summed E-state index contributed by atoms with van der Waals surface area (Å²) in [4.78, 5) is 0. The number of hydrogen-bond acceptors (Lipinski definition) is 0. The number of fused-ring (bicyclic) bond motifs is 1. The lowest BCUT2D eigenvalue weighted by Crippen LogP contribution is -1.76. The molecule has 0 saturated heterocycles. The Kier molecular flexibility index (Phi) is 19.1. The quantitative estimate of drug-likeness (QED) is 0.160. The Balaban J connectivity index is 0.000000287. The Morgan fingerprint density at radius 3 is 0.478 bits per heavy atom. The molecule has 0 amide bonds. The average molecular weight is 611 g/mol. The van der Waals surface area contributed by atoms with Crippen LogP contribution in [0.15, 0.2) is 133 Å². The van der Waals surface area contributed by atoms with Gasteiger partial charge in [0.2, 0.25) is 0 Å². The minimum absolute atomic E-state index is 1.33. The van der Waals surface area contributed by atoms with Crippen molar-refractivity contribution in [3.05, 3.63) is 189 Å². The van der Waals surface area contributed by atoms with E-state index in [0.717, 1.165) is 0 Å². The van der Waals surface area contributed by atoms with Crippen molar-refractivity contribution >= 4 is 10.8 Å². The van der Waals surface area contributed by atoms with E-state index in [0.29, 0.717) is 0 Å². The first-order valence-electron chi connectivity index (χ1n) is 16.5. The van der Waals surface area contributed by atoms with E-state index < -0.39 is 0 Å². The first-order chi connectivity index (χ1) is 21.9. The van der Waals surface area contributed by atoms with Crippen LogP contribution in [-0.4, -0.2) is 0 Å². The zero-order chi connectivity index (χ0) is 34.5. The van der Waals surface area contributed by atoms with Crippen LogP contribution in [0.25, 0.3) is 10.8 Å². The van der Waals surface area contributed by atoms with Gasteiger partial charge in [-0.05, 0) is 80.0 Å². The molecular formula is C46H58. The van der Waals surface area contributed by atoms with Gasteiger partial charge in [-0.25, -0.2) is 0 Å². The van der Waals surface area contributed by atoms with Gasteiger partial charge in [0.25, 0.3) is 0 Å². The highest BCUT2D eigenvalue weighted by atomic mass is 14.0. The second-order valence-corrected chi connectivity index (χ2v) is 12.0. The van der Waals surface area contributed by atoms with Crippen molar-refractivity contribution in [2.45, 2.75) is 83.1 Å². The summed E-state index contributed by atoms with van der Waals surface area (Å²) in [5, 5.41) is 2.67. The maximum absolute atomic E-state index is 2.22. The highest BCUT2D eigenvalue weighted by Gasteiger charge is 1.92. The van der Waals surface area contributed by atoms with Gasteiger partial charge in [-0.1, -0.05) is 203 Å². The van der Waals surface area contributed by atoms with Gasteiger partial charge in [0.15, 0.2) is 0 Å². The third-order valence-corrected chi connectivity index (χ3v) is 7.02. The molecule has 0 heterocycles. The molecule has 0 heteroatoms. The highest BCUT2D eigenvalue weighted by molar-refractivity contribution is 5.83. The maximum atomic E-state index is 2.22. The van der Waals surface area contributed by atoms with Crippen LogP contribution in [0.3, 0.4) is 0 Å². The van der Waals surface area contributed by atoms with E-state index in [2.05, 4.69) is 203 Å². The SMILES string of the molecule is CC.Cc1ccc(C)cc1.Cc1ccc(C)cc1.Cc1ccc(C)cc1.Cc1ccc(C)cc1.Cc1ccc2cc(C)ccc2c1. The minimum Gasteiger partial charge on any atom is -0.0683 e. The number of aryl methyl sites for hydroxylation is 10. The Morgan fingerprint density at radius 2 is 0.326 bits per heavy atom. The Hall–Kier alpha value is -4.42. The van der Waals surface area contributed by atoms with Gasteiger partial charge in [0, 0.05) is 0 Å². The molecule has 0 aliphatic heterocycles. The fourth-order valence-corrected chi connectivity index (χ4v) is 4.03. The zero-order valence-corrected chi connectivity index (χ0v) is 30.7. The van der Waals surface area contributed by atoms with E-state index in [1.807, 2.05) is 13.8 Å². The van der Waals surface area contributed by atoms with Crippen LogP contribution >= 0.6 is 0 Å². The van der Waals surface area contributed by atoms with Gasteiger partial charge in [0.05, 0.1) is 0 Å². The molecule has 0 aliphatic rings. The van der Waals surface area contributed by atoms with E-state index in [-0.39, 0.29) is 0 Å². The first kappa shape index (κ1) is 39.6. The summed E-state index contributed by atoms with van der Waals surface area (Å²) >= 11 is 0. The number of hydrogen-bond donors (Lipinski definition) is 0. The molecule has 0 nitrogen and oxygen atoms in total. The number of rotatable bonds is 0. The largest absolute Gasteiger partial charge is 0.0683 e. The lowest BCUT2D eigenvalue weighted by molar-refractivity contribution is 1.40. The maximum Gasteiger partial charge on any atom is -0.0181 e. The van der Waals surface area contributed by atoms with Crippen LogP contribution in [0.4, 0.5) is 0 Å². The normalized spacial score (nSPS) is 9.30. The molecular weight excluding hydrogens is 553 g/mol. The zero-order valence-electron chi connectivity index (χ0n) is 30.7. The molecule has 0 radical (unpaired) electrons. The minimum atomic E-state index is 1.33. The first-order valence-corrected chi connectivity index (χ1v) is 16.5. The van der Waals surface area contributed by atoms with Crippen molar-refractivity contribution in [3.8, 4) is 0 Å². The fourth-order valence-electron chi connectivity index (χ4n) is 4.03. The van der Waals surface area contributed by atoms with Gasteiger partial charge in [-0.15, -0.1) is 0 Å². The summed E-state index contributed by atoms with van der Waals surface area (Å²) in [5.74, 6) is 0. The van der Waals surface area contributed by atoms with Crippen LogP contribution in [0.5, 0.6) is 0 Å². The lowest BCUT2D eigenvalue weighted by Gasteiger charge is -1.99. The Bertz CT molecular complexity index is 1340. The third kappa shape index (κ3) is 17.8. The average Bonchev–Trinajstić information content (AvgIpc) is 3.05. The summed E-state index contributed by atoms with van der Waals surface area (Å²) in [6, 6.07) is 47.0. The topological polar surface area (TPSA) is 0 Å². The smallest absolute Gasteiger partial charge is 0.0181 e. The molecule has 0 spiro atoms. The molecule has 0 N–H and O–H groups in total.